The van der Waals surface area contributed by atoms with Gasteiger partial charge >= 0.3 is 5.97 Å². The van der Waals surface area contributed by atoms with Crippen molar-refractivity contribution in [3.63, 3.8) is 0 Å². The first kappa shape index (κ1) is 17.5. The zero-order chi connectivity index (χ0) is 17.6. The summed E-state index contributed by atoms with van der Waals surface area (Å²) in [6.45, 7) is 2.29. The number of carbonyl (C=O) groups is 1. The van der Waals surface area contributed by atoms with E-state index in [4.69, 9.17) is 9.47 Å². The van der Waals surface area contributed by atoms with Crippen LogP contribution in [0.1, 0.15) is 60.9 Å². The summed E-state index contributed by atoms with van der Waals surface area (Å²) in [5.74, 6) is 2.46. The van der Waals surface area contributed by atoms with Crippen molar-refractivity contribution >= 4 is 5.97 Å². The Balaban J connectivity index is 1.60. The number of ether oxygens (including phenoxy) is 2. The minimum Gasteiger partial charge on any atom is -0.497 e. The first-order valence-electron chi connectivity index (χ1n) is 9.15. The predicted octanol–water partition coefficient (Wildman–Crippen LogP) is 5.60. The third kappa shape index (κ3) is 4.41. The van der Waals surface area contributed by atoms with E-state index in [0.29, 0.717) is 17.2 Å². The summed E-state index contributed by atoms with van der Waals surface area (Å²) in [6.07, 6.45) is 6.45. The molecule has 0 unspecified atom stereocenters. The van der Waals surface area contributed by atoms with E-state index in [1.807, 2.05) is 12.1 Å². The molecule has 132 valence electrons. The van der Waals surface area contributed by atoms with Crippen molar-refractivity contribution in [2.24, 2.45) is 5.92 Å². The molecule has 0 saturated heterocycles. The first-order valence-corrected chi connectivity index (χ1v) is 9.15. The lowest BCUT2D eigenvalue weighted by molar-refractivity contribution is 0.0734. The Kier molecular flexibility index (Phi) is 5.75. The average Bonchev–Trinajstić information content (AvgIpc) is 2.69. The normalized spacial score (nSPS) is 20.1. The Hall–Kier alpha value is -2.29. The first-order chi connectivity index (χ1) is 12.2. The molecule has 0 aliphatic heterocycles. The van der Waals surface area contributed by atoms with E-state index < -0.39 is 0 Å². The van der Waals surface area contributed by atoms with Crippen LogP contribution in [-0.2, 0) is 0 Å². The van der Waals surface area contributed by atoms with Crippen molar-refractivity contribution in [3.05, 3.63) is 59.7 Å². The highest BCUT2D eigenvalue weighted by molar-refractivity contribution is 5.91. The smallest absolute Gasteiger partial charge is 0.343 e. The lowest BCUT2D eigenvalue weighted by atomic mass is 9.78. The molecule has 25 heavy (non-hydrogen) atoms. The highest BCUT2D eigenvalue weighted by atomic mass is 16.5. The van der Waals surface area contributed by atoms with Gasteiger partial charge in [-0.15, -0.1) is 0 Å². The second-order valence-corrected chi connectivity index (χ2v) is 6.81. The van der Waals surface area contributed by atoms with E-state index in [1.54, 1.807) is 31.4 Å². The Morgan fingerprint density at radius 2 is 1.52 bits per heavy atom. The van der Waals surface area contributed by atoms with Crippen LogP contribution in [0, 0.1) is 5.92 Å². The van der Waals surface area contributed by atoms with E-state index in [2.05, 4.69) is 19.1 Å². The van der Waals surface area contributed by atoms with Crippen LogP contribution in [0.2, 0.25) is 0 Å². The van der Waals surface area contributed by atoms with Crippen molar-refractivity contribution in [1.29, 1.82) is 0 Å². The monoisotopic (exact) mass is 338 g/mol. The van der Waals surface area contributed by atoms with Crippen LogP contribution in [-0.4, -0.2) is 13.1 Å². The van der Waals surface area contributed by atoms with Crippen molar-refractivity contribution in [1.82, 2.24) is 0 Å². The van der Waals surface area contributed by atoms with Gasteiger partial charge < -0.3 is 9.47 Å². The Morgan fingerprint density at radius 3 is 2.08 bits per heavy atom. The molecule has 0 bridgehead atoms. The summed E-state index contributed by atoms with van der Waals surface area (Å²) in [7, 11) is 1.61. The van der Waals surface area contributed by atoms with Gasteiger partial charge in [-0.25, -0.2) is 4.79 Å². The van der Waals surface area contributed by atoms with Gasteiger partial charge in [0, 0.05) is 0 Å². The zero-order valence-corrected chi connectivity index (χ0v) is 15.0. The second kappa shape index (κ2) is 8.19. The molecular weight excluding hydrogens is 312 g/mol. The SMILES string of the molecule is CCC1CCC(c2ccc(C(=O)Oc3ccc(OC)cc3)cc2)CC1. The van der Waals surface area contributed by atoms with Crippen LogP contribution in [0.3, 0.4) is 0 Å². The summed E-state index contributed by atoms with van der Waals surface area (Å²) in [5.41, 5.74) is 1.93. The summed E-state index contributed by atoms with van der Waals surface area (Å²) in [5, 5.41) is 0. The van der Waals surface area contributed by atoms with Gasteiger partial charge in [-0.1, -0.05) is 25.5 Å². The second-order valence-electron chi connectivity index (χ2n) is 6.81. The fourth-order valence-corrected chi connectivity index (χ4v) is 3.61. The maximum absolute atomic E-state index is 12.3. The average molecular weight is 338 g/mol. The highest BCUT2D eigenvalue weighted by Crippen LogP contribution is 2.36. The van der Waals surface area contributed by atoms with Gasteiger partial charge in [-0.05, 0) is 79.5 Å². The van der Waals surface area contributed by atoms with Gasteiger partial charge in [0.2, 0.25) is 0 Å². The van der Waals surface area contributed by atoms with Crippen molar-refractivity contribution in [2.75, 3.05) is 7.11 Å². The number of methoxy groups -OCH3 is 1. The van der Waals surface area contributed by atoms with Crippen LogP contribution in [0.4, 0.5) is 0 Å². The van der Waals surface area contributed by atoms with Gasteiger partial charge in [0.1, 0.15) is 11.5 Å². The molecule has 3 heteroatoms. The minimum atomic E-state index is -0.327. The van der Waals surface area contributed by atoms with Crippen molar-refractivity contribution < 1.29 is 14.3 Å². The largest absolute Gasteiger partial charge is 0.497 e. The lowest BCUT2D eigenvalue weighted by Crippen LogP contribution is -2.13. The van der Waals surface area contributed by atoms with E-state index in [-0.39, 0.29) is 5.97 Å². The molecule has 0 amide bonds. The lowest BCUT2D eigenvalue weighted by Gasteiger charge is -2.28. The molecule has 0 N–H and O–H groups in total. The molecular formula is C22H26O3. The molecule has 1 saturated carbocycles. The standard InChI is InChI=1S/C22H26O3/c1-3-16-4-6-17(7-5-16)18-8-10-19(11-9-18)22(23)25-21-14-12-20(24-2)13-15-21/h8-17H,3-7H2,1-2H3. The number of carbonyl (C=O) groups excluding carboxylic acids is 1. The molecule has 0 atom stereocenters. The summed E-state index contributed by atoms with van der Waals surface area (Å²) < 4.78 is 10.5. The molecule has 2 aromatic rings. The topological polar surface area (TPSA) is 35.5 Å². The molecule has 0 radical (unpaired) electrons. The summed E-state index contributed by atoms with van der Waals surface area (Å²) >= 11 is 0. The van der Waals surface area contributed by atoms with E-state index in [1.165, 1.54) is 37.7 Å². The maximum atomic E-state index is 12.3. The molecule has 0 aromatic heterocycles. The molecule has 3 rings (SSSR count). The third-order valence-corrected chi connectivity index (χ3v) is 5.31. The van der Waals surface area contributed by atoms with Crippen molar-refractivity contribution in [3.8, 4) is 11.5 Å². The van der Waals surface area contributed by atoms with Gasteiger partial charge in [-0.2, -0.15) is 0 Å². The molecule has 0 spiro atoms. The molecule has 1 aliphatic rings. The Morgan fingerprint density at radius 1 is 0.920 bits per heavy atom. The van der Waals surface area contributed by atoms with Gasteiger partial charge in [0.25, 0.3) is 0 Å². The van der Waals surface area contributed by atoms with Crippen molar-refractivity contribution in [2.45, 2.75) is 44.9 Å². The number of esters is 1. The van der Waals surface area contributed by atoms with Crippen LogP contribution < -0.4 is 9.47 Å². The zero-order valence-electron chi connectivity index (χ0n) is 15.0. The number of hydrogen-bond donors (Lipinski definition) is 0. The van der Waals surface area contributed by atoms with Crippen LogP contribution in [0.25, 0.3) is 0 Å². The number of hydrogen-bond acceptors (Lipinski definition) is 3. The van der Waals surface area contributed by atoms with E-state index >= 15 is 0 Å². The van der Waals surface area contributed by atoms with Crippen LogP contribution in [0.15, 0.2) is 48.5 Å². The molecule has 1 fully saturated rings. The minimum absolute atomic E-state index is 0.327. The highest BCUT2D eigenvalue weighted by Gasteiger charge is 2.21. The van der Waals surface area contributed by atoms with E-state index in [0.717, 1.165) is 11.7 Å². The maximum Gasteiger partial charge on any atom is 0.343 e. The Bertz CT molecular complexity index is 680. The predicted molar refractivity (Wildman–Crippen MR) is 99.4 cm³/mol. The molecule has 2 aromatic carbocycles. The van der Waals surface area contributed by atoms with Gasteiger partial charge in [0.15, 0.2) is 0 Å². The summed E-state index contributed by atoms with van der Waals surface area (Å²) in [6, 6.07) is 15.0. The third-order valence-electron chi connectivity index (χ3n) is 5.31. The summed E-state index contributed by atoms with van der Waals surface area (Å²) in [4.78, 5) is 12.3. The number of rotatable bonds is 5. The Labute approximate surface area is 150 Å². The molecule has 0 heterocycles. The van der Waals surface area contributed by atoms with Crippen LogP contribution >= 0.6 is 0 Å². The van der Waals surface area contributed by atoms with Gasteiger partial charge in [0.05, 0.1) is 12.7 Å². The molecule has 3 nitrogen and oxygen atoms in total. The fourth-order valence-electron chi connectivity index (χ4n) is 3.61. The quantitative estimate of drug-likeness (QED) is 0.526. The number of benzene rings is 2. The fraction of sp³-hybridized carbons (Fsp3) is 0.409. The van der Waals surface area contributed by atoms with Gasteiger partial charge in [-0.3, -0.25) is 0 Å². The molecule has 1 aliphatic carbocycles. The van der Waals surface area contributed by atoms with Crippen LogP contribution in [0.5, 0.6) is 11.5 Å². The van der Waals surface area contributed by atoms with E-state index in [9.17, 15) is 4.79 Å².